The fourth-order valence-corrected chi connectivity index (χ4v) is 9.62. The van der Waals surface area contributed by atoms with Crippen LogP contribution in [0.5, 0.6) is 11.8 Å². The molecule has 9 rings (SSSR count). The fraction of sp³-hybridized carbons (Fsp3) is 0.432. The van der Waals surface area contributed by atoms with Crippen LogP contribution in [0.25, 0.3) is 33.3 Å². The first-order valence-corrected chi connectivity index (χ1v) is 20.2. The van der Waals surface area contributed by atoms with Gasteiger partial charge in [0.25, 0.3) is 0 Å². The first kappa shape index (κ1) is 38.8. The number of amides is 1. The second-order valence-corrected chi connectivity index (χ2v) is 16.5. The van der Waals surface area contributed by atoms with Crippen LogP contribution in [0.15, 0.2) is 60.8 Å². The summed E-state index contributed by atoms with van der Waals surface area (Å²) in [5, 5.41) is 22.7. The van der Waals surface area contributed by atoms with Gasteiger partial charge in [0.1, 0.15) is 0 Å². The summed E-state index contributed by atoms with van der Waals surface area (Å²) in [7, 11) is 5.39. The van der Waals surface area contributed by atoms with Crippen molar-refractivity contribution in [2.75, 3.05) is 27.8 Å². The number of methoxy groups -OCH3 is 2. The number of nitrogens with zero attached hydrogens (tertiary/aromatic N) is 5. The predicted octanol–water partition coefficient (Wildman–Crippen LogP) is 7.17. The fourth-order valence-electron chi connectivity index (χ4n) is 9.38. The Morgan fingerprint density at radius 3 is 2.39 bits per heavy atom. The van der Waals surface area contributed by atoms with E-state index < -0.39 is 11.4 Å². The molecular formula is C44H50ClN7O5. The van der Waals surface area contributed by atoms with Gasteiger partial charge < -0.3 is 25.2 Å². The van der Waals surface area contributed by atoms with Crippen molar-refractivity contribution in [1.29, 1.82) is 0 Å². The molecule has 12 nitrogen and oxygen atoms in total. The molecule has 0 spiro atoms. The number of rotatable bonds is 14. The summed E-state index contributed by atoms with van der Waals surface area (Å²) in [5.74, 6) is 0.563. The zero-order chi connectivity index (χ0) is 39.9. The Morgan fingerprint density at radius 2 is 1.68 bits per heavy atom. The van der Waals surface area contributed by atoms with Crippen LogP contribution in [0.4, 0.5) is 0 Å². The lowest BCUT2D eigenvalue weighted by Crippen LogP contribution is -2.56. The summed E-state index contributed by atoms with van der Waals surface area (Å²) in [6.07, 6.45) is 8.10. The number of ether oxygens (including phenoxy) is 2. The zero-order valence-corrected chi connectivity index (χ0v) is 33.8. The van der Waals surface area contributed by atoms with Gasteiger partial charge in [0.15, 0.2) is 0 Å². The molecule has 4 fully saturated rings. The smallest absolute Gasteiger partial charge is 0.309 e. The summed E-state index contributed by atoms with van der Waals surface area (Å²) in [5.41, 5.74) is 7.96. The topological polar surface area (TPSA) is 144 Å². The van der Waals surface area contributed by atoms with E-state index in [-0.39, 0.29) is 17.5 Å². The standard InChI is InChI=1S/C44H50ClN7O5/c1-27-31(7-5-8-32(27)36-13-11-28(40(49-36)56-3)22-46-23-30-12-14-39(53)48-30)33-9-6-10-38-34(33)24-47-52(38)26-37-35(45)21-29(41(50-37)57-4)25-51(2)44-18-15-43(16-19-44,17-20-44)42(54)55/h5-11,13,21,24,30,46H,12,14-20,22-23,25-26H2,1-4H3,(H,48,53)(H,54,55). The van der Waals surface area contributed by atoms with Gasteiger partial charge in [-0.25, -0.2) is 9.97 Å². The molecule has 4 aliphatic rings. The van der Waals surface area contributed by atoms with Gasteiger partial charge in [-0.15, -0.1) is 0 Å². The molecular weight excluding hydrogens is 742 g/mol. The molecule has 3 aromatic heterocycles. The van der Waals surface area contributed by atoms with E-state index in [0.717, 1.165) is 94.9 Å². The number of aliphatic carboxylic acids is 1. The minimum atomic E-state index is -0.646. The Bertz CT molecular complexity index is 2320. The minimum Gasteiger partial charge on any atom is -0.481 e. The lowest BCUT2D eigenvalue weighted by molar-refractivity contribution is -0.160. The van der Waals surface area contributed by atoms with E-state index in [1.807, 2.05) is 29.1 Å². The van der Waals surface area contributed by atoms with Crippen LogP contribution in [0.1, 0.15) is 73.8 Å². The Hall–Kier alpha value is -5.04. The molecule has 1 atom stereocenters. The van der Waals surface area contributed by atoms with Crippen LogP contribution < -0.4 is 20.1 Å². The summed E-state index contributed by atoms with van der Waals surface area (Å²) in [6, 6.07) is 18.7. The predicted molar refractivity (Wildman–Crippen MR) is 219 cm³/mol. The number of hydrogen-bond donors (Lipinski definition) is 3. The molecule has 13 heteroatoms. The first-order valence-electron chi connectivity index (χ1n) is 19.8. The van der Waals surface area contributed by atoms with Crippen LogP contribution in [-0.2, 0) is 29.2 Å². The van der Waals surface area contributed by atoms with Crippen molar-refractivity contribution in [2.24, 2.45) is 5.41 Å². The zero-order valence-electron chi connectivity index (χ0n) is 33.0. The molecule has 3 aliphatic carbocycles. The SMILES string of the molecule is COc1nc(-c2cccc(-c3cccc4c3cnn4Cc3nc(OC)c(CN(C)C45CCC(C(=O)O)(CC4)CC5)cc3Cl)c2C)ccc1CNCC1CCC(=O)N1. The maximum Gasteiger partial charge on any atom is 0.309 e. The number of carboxylic acid groups (broad SMARTS) is 1. The summed E-state index contributed by atoms with van der Waals surface area (Å²) in [4.78, 5) is 35.8. The molecule has 3 N–H and O–H groups in total. The van der Waals surface area contributed by atoms with Gasteiger partial charge in [0.05, 0.1) is 54.3 Å². The molecule has 0 radical (unpaired) electrons. The monoisotopic (exact) mass is 791 g/mol. The third-order valence-electron chi connectivity index (χ3n) is 13.0. The van der Waals surface area contributed by atoms with Crippen molar-refractivity contribution in [3.63, 3.8) is 0 Å². The average molecular weight is 792 g/mol. The van der Waals surface area contributed by atoms with E-state index in [1.165, 1.54) is 0 Å². The Morgan fingerprint density at radius 1 is 0.982 bits per heavy atom. The molecule has 4 heterocycles. The maximum absolute atomic E-state index is 12.0. The molecule has 1 saturated heterocycles. The molecule has 2 aromatic carbocycles. The second kappa shape index (κ2) is 15.7. The van der Waals surface area contributed by atoms with Crippen molar-refractivity contribution in [3.05, 3.63) is 88.2 Å². The van der Waals surface area contributed by atoms with E-state index in [0.29, 0.717) is 55.1 Å². The number of aromatic nitrogens is 4. The summed E-state index contributed by atoms with van der Waals surface area (Å²) >= 11 is 6.96. The molecule has 1 unspecified atom stereocenters. The first-order chi connectivity index (χ1) is 27.5. The third-order valence-corrected chi connectivity index (χ3v) is 13.3. The van der Waals surface area contributed by atoms with E-state index in [1.54, 1.807) is 14.2 Å². The van der Waals surface area contributed by atoms with Crippen LogP contribution in [0.2, 0.25) is 5.02 Å². The lowest BCUT2D eigenvalue weighted by Gasteiger charge is -2.55. The molecule has 3 saturated carbocycles. The Balaban J connectivity index is 1.00. The number of pyridine rings is 2. The molecule has 1 aliphatic heterocycles. The van der Waals surface area contributed by atoms with Gasteiger partial charge >= 0.3 is 5.97 Å². The highest BCUT2D eigenvalue weighted by Gasteiger charge is 2.54. The average Bonchev–Trinajstić information content (AvgIpc) is 3.85. The van der Waals surface area contributed by atoms with Crippen molar-refractivity contribution in [1.82, 2.24) is 35.3 Å². The summed E-state index contributed by atoms with van der Waals surface area (Å²) in [6.45, 7) is 4.37. The van der Waals surface area contributed by atoms with E-state index in [2.05, 4.69) is 65.9 Å². The van der Waals surface area contributed by atoms with E-state index in [4.69, 9.17) is 36.1 Å². The lowest BCUT2D eigenvalue weighted by atomic mass is 9.57. The quantitative estimate of drug-likeness (QED) is 0.106. The van der Waals surface area contributed by atoms with Crippen LogP contribution in [0.3, 0.4) is 0 Å². The van der Waals surface area contributed by atoms with Crippen molar-refractivity contribution >= 4 is 34.4 Å². The molecule has 57 heavy (non-hydrogen) atoms. The minimum absolute atomic E-state index is 0.0279. The van der Waals surface area contributed by atoms with Crippen molar-refractivity contribution in [3.8, 4) is 34.1 Å². The summed E-state index contributed by atoms with van der Waals surface area (Å²) < 4.78 is 13.5. The number of benzene rings is 2. The molecule has 1 amide bonds. The van der Waals surface area contributed by atoms with Crippen LogP contribution in [0, 0.1) is 12.3 Å². The van der Waals surface area contributed by atoms with Crippen LogP contribution >= 0.6 is 11.6 Å². The molecule has 2 bridgehead atoms. The number of halogens is 1. The van der Waals surface area contributed by atoms with Crippen molar-refractivity contribution < 1.29 is 24.2 Å². The van der Waals surface area contributed by atoms with Gasteiger partial charge in [-0.1, -0.05) is 48.0 Å². The number of nitrogens with one attached hydrogen (secondary N) is 2. The van der Waals surface area contributed by atoms with Gasteiger partial charge in [0.2, 0.25) is 17.7 Å². The Kier molecular flexibility index (Phi) is 10.7. The number of carbonyl (C=O) groups excluding carboxylic acids is 1. The number of fused-ring (bicyclic) bond motifs is 4. The second-order valence-electron chi connectivity index (χ2n) is 16.1. The van der Waals surface area contributed by atoms with Gasteiger partial charge in [-0.2, -0.15) is 5.10 Å². The van der Waals surface area contributed by atoms with Crippen LogP contribution in [-0.4, -0.2) is 81.0 Å². The highest BCUT2D eigenvalue weighted by atomic mass is 35.5. The number of carboxylic acids is 1. The van der Waals surface area contributed by atoms with Gasteiger partial charge in [0, 0.05) is 59.7 Å². The van der Waals surface area contributed by atoms with Gasteiger partial charge in [-0.3, -0.25) is 19.2 Å². The van der Waals surface area contributed by atoms with Gasteiger partial charge in [-0.05, 0) is 93.8 Å². The molecule has 298 valence electrons. The van der Waals surface area contributed by atoms with E-state index >= 15 is 0 Å². The number of hydrogen-bond acceptors (Lipinski definition) is 9. The highest BCUT2D eigenvalue weighted by Crippen LogP contribution is 2.55. The maximum atomic E-state index is 12.0. The largest absolute Gasteiger partial charge is 0.481 e. The molecule has 5 aromatic rings. The normalized spacial score (nSPS) is 21.6. The van der Waals surface area contributed by atoms with Crippen molar-refractivity contribution in [2.45, 2.75) is 89.5 Å². The third kappa shape index (κ3) is 7.35. The number of carbonyl (C=O) groups is 2. The highest BCUT2D eigenvalue weighted by molar-refractivity contribution is 6.31. The Labute approximate surface area is 337 Å². The van der Waals surface area contributed by atoms with E-state index in [9.17, 15) is 14.7 Å².